The second-order valence-corrected chi connectivity index (χ2v) is 2.59. The van der Waals surface area contributed by atoms with Crippen molar-refractivity contribution in [3.05, 3.63) is 24.3 Å². The van der Waals surface area contributed by atoms with Crippen molar-refractivity contribution in [2.45, 2.75) is 6.42 Å². The Hall–Kier alpha value is -0.0900. The van der Waals surface area contributed by atoms with Crippen LogP contribution in [-0.4, -0.2) is 6.16 Å². The predicted molar refractivity (Wildman–Crippen MR) is 41.0 cm³/mol. The SMILES string of the molecule is PCCC1C=CC=C1. The van der Waals surface area contributed by atoms with Crippen molar-refractivity contribution in [1.82, 2.24) is 0 Å². The minimum absolute atomic E-state index is 0.729. The fourth-order valence-corrected chi connectivity index (χ4v) is 1.25. The molecule has 0 aromatic rings. The first-order chi connectivity index (χ1) is 3.93. The first-order valence-electron chi connectivity index (χ1n) is 2.98. The lowest BCUT2D eigenvalue weighted by Gasteiger charge is -1.98. The van der Waals surface area contributed by atoms with Gasteiger partial charge in [0.2, 0.25) is 0 Å². The van der Waals surface area contributed by atoms with Crippen LogP contribution in [0.25, 0.3) is 0 Å². The van der Waals surface area contributed by atoms with Crippen LogP contribution in [0, 0.1) is 5.92 Å². The average Bonchev–Trinajstić information content (AvgIpc) is 2.19. The van der Waals surface area contributed by atoms with Crippen LogP contribution in [0.3, 0.4) is 0 Å². The minimum Gasteiger partial charge on any atom is -0.138 e. The Morgan fingerprint density at radius 3 is 2.38 bits per heavy atom. The van der Waals surface area contributed by atoms with Crippen molar-refractivity contribution in [2.75, 3.05) is 6.16 Å². The van der Waals surface area contributed by atoms with Crippen molar-refractivity contribution in [3.8, 4) is 0 Å². The molecule has 0 heterocycles. The van der Waals surface area contributed by atoms with Gasteiger partial charge >= 0.3 is 0 Å². The molecule has 0 spiro atoms. The van der Waals surface area contributed by atoms with E-state index in [9.17, 15) is 0 Å². The first kappa shape index (κ1) is 6.04. The molecule has 0 N–H and O–H groups in total. The summed E-state index contributed by atoms with van der Waals surface area (Å²) in [5, 5.41) is 0. The Morgan fingerprint density at radius 1 is 1.25 bits per heavy atom. The van der Waals surface area contributed by atoms with Gasteiger partial charge in [0.1, 0.15) is 0 Å². The van der Waals surface area contributed by atoms with Crippen LogP contribution in [0.5, 0.6) is 0 Å². The molecule has 1 atom stereocenters. The maximum Gasteiger partial charge on any atom is -0.00441 e. The molecule has 0 aliphatic heterocycles. The monoisotopic (exact) mass is 126 g/mol. The Morgan fingerprint density at radius 2 is 1.88 bits per heavy atom. The van der Waals surface area contributed by atoms with E-state index < -0.39 is 0 Å². The zero-order valence-corrected chi connectivity index (χ0v) is 6.03. The van der Waals surface area contributed by atoms with Crippen LogP contribution in [-0.2, 0) is 0 Å². The van der Waals surface area contributed by atoms with Gasteiger partial charge in [-0.1, -0.05) is 24.3 Å². The zero-order chi connectivity index (χ0) is 5.82. The van der Waals surface area contributed by atoms with Crippen LogP contribution < -0.4 is 0 Å². The fourth-order valence-electron chi connectivity index (χ4n) is 0.863. The normalized spacial score (nSPS) is 18.1. The van der Waals surface area contributed by atoms with Crippen LogP contribution in [0.4, 0.5) is 0 Å². The highest BCUT2D eigenvalue weighted by Gasteiger charge is 1.99. The molecule has 0 nitrogen and oxygen atoms in total. The third-order valence-corrected chi connectivity index (χ3v) is 1.66. The van der Waals surface area contributed by atoms with Gasteiger partial charge < -0.3 is 0 Å². The summed E-state index contributed by atoms with van der Waals surface area (Å²) in [6.45, 7) is 0. The standard InChI is InChI=1S/C7H11P/c8-6-5-7-3-1-2-4-7/h1-4,7H,5-6,8H2. The van der Waals surface area contributed by atoms with Crippen molar-refractivity contribution in [3.63, 3.8) is 0 Å². The molecule has 0 fully saturated rings. The number of rotatable bonds is 2. The van der Waals surface area contributed by atoms with Gasteiger partial charge in [-0.3, -0.25) is 0 Å². The molecular formula is C7H11P. The largest absolute Gasteiger partial charge is 0.138 e. The van der Waals surface area contributed by atoms with Gasteiger partial charge in [0.05, 0.1) is 0 Å². The molecule has 0 saturated heterocycles. The Labute approximate surface area is 52.9 Å². The third-order valence-electron chi connectivity index (χ3n) is 1.33. The maximum atomic E-state index is 2.74. The predicted octanol–water partition coefficient (Wildman–Crippen LogP) is 1.99. The van der Waals surface area contributed by atoms with Crippen molar-refractivity contribution in [1.29, 1.82) is 0 Å². The second kappa shape index (κ2) is 3.04. The number of allylic oxidation sites excluding steroid dienone is 4. The number of hydrogen-bond donors (Lipinski definition) is 0. The third kappa shape index (κ3) is 1.45. The van der Waals surface area contributed by atoms with Crippen LogP contribution in [0.2, 0.25) is 0 Å². The van der Waals surface area contributed by atoms with E-state index in [0.29, 0.717) is 0 Å². The summed E-state index contributed by atoms with van der Waals surface area (Å²) in [4.78, 5) is 0. The molecule has 1 rings (SSSR count). The van der Waals surface area contributed by atoms with E-state index >= 15 is 0 Å². The van der Waals surface area contributed by atoms with E-state index in [0.717, 1.165) is 5.92 Å². The quantitative estimate of drug-likeness (QED) is 0.496. The lowest BCUT2D eigenvalue weighted by atomic mass is 10.1. The highest BCUT2D eigenvalue weighted by molar-refractivity contribution is 7.16. The zero-order valence-electron chi connectivity index (χ0n) is 4.88. The Balaban J connectivity index is 2.27. The fraction of sp³-hybridized carbons (Fsp3) is 0.429. The van der Waals surface area contributed by atoms with Gasteiger partial charge in [-0.15, -0.1) is 9.24 Å². The molecular weight excluding hydrogens is 115 g/mol. The summed E-state index contributed by atoms with van der Waals surface area (Å²) in [5.74, 6) is 0.729. The summed E-state index contributed by atoms with van der Waals surface area (Å²) in [6.07, 6.45) is 11.2. The summed E-state index contributed by atoms with van der Waals surface area (Å²) in [6, 6.07) is 0. The highest BCUT2D eigenvalue weighted by Crippen LogP contribution is 2.13. The van der Waals surface area contributed by atoms with E-state index in [2.05, 4.69) is 33.5 Å². The molecule has 44 valence electrons. The molecule has 0 radical (unpaired) electrons. The molecule has 1 aliphatic carbocycles. The van der Waals surface area contributed by atoms with Crippen LogP contribution >= 0.6 is 9.24 Å². The second-order valence-electron chi connectivity index (χ2n) is 2.01. The molecule has 0 bridgehead atoms. The molecule has 0 saturated carbocycles. The molecule has 0 aromatic carbocycles. The van der Waals surface area contributed by atoms with E-state index in [-0.39, 0.29) is 0 Å². The average molecular weight is 126 g/mol. The topological polar surface area (TPSA) is 0 Å². The van der Waals surface area contributed by atoms with Gasteiger partial charge in [-0.25, -0.2) is 0 Å². The lowest BCUT2D eigenvalue weighted by molar-refractivity contribution is 0.794. The van der Waals surface area contributed by atoms with Gasteiger partial charge in [-0.05, 0) is 18.5 Å². The molecule has 1 heteroatoms. The van der Waals surface area contributed by atoms with Crippen molar-refractivity contribution in [2.24, 2.45) is 5.92 Å². The number of hydrogen-bond acceptors (Lipinski definition) is 0. The van der Waals surface area contributed by atoms with Gasteiger partial charge in [0.25, 0.3) is 0 Å². The Kier molecular flexibility index (Phi) is 2.29. The van der Waals surface area contributed by atoms with Crippen molar-refractivity contribution >= 4 is 9.24 Å². The molecule has 1 unspecified atom stereocenters. The molecule has 0 aromatic heterocycles. The molecule has 1 aliphatic rings. The maximum absolute atomic E-state index is 2.74. The molecule has 8 heavy (non-hydrogen) atoms. The van der Waals surface area contributed by atoms with Crippen LogP contribution in [0.15, 0.2) is 24.3 Å². The molecule has 0 amide bonds. The van der Waals surface area contributed by atoms with Gasteiger partial charge in [0.15, 0.2) is 0 Å². The van der Waals surface area contributed by atoms with Gasteiger partial charge in [-0.2, -0.15) is 0 Å². The highest BCUT2D eigenvalue weighted by atomic mass is 31.0. The van der Waals surface area contributed by atoms with E-state index in [1.807, 2.05) is 0 Å². The minimum atomic E-state index is 0.729. The van der Waals surface area contributed by atoms with Gasteiger partial charge in [0, 0.05) is 0 Å². The first-order valence-corrected chi connectivity index (χ1v) is 3.80. The lowest BCUT2D eigenvalue weighted by Crippen LogP contribution is -1.87. The summed E-state index contributed by atoms with van der Waals surface area (Å²) in [5.41, 5.74) is 0. The van der Waals surface area contributed by atoms with Crippen molar-refractivity contribution < 1.29 is 0 Å². The summed E-state index contributed by atoms with van der Waals surface area (Å²) < 4.78 is 0. The smallest absolute Gasteiger partial charge is 0.00441 e. The summed E-state index contributed by atoms with van der Waals surface area (Å²) in [7, 11) is 2.74. The van der Waals surface area contributed by atoms with Crippen LogP contribution in [0.1, 0.15) is 6.42 Å². The Bertz CT molecular complexity index is 102. The van der Waals surface area contributed by atoms with E-state index in [4.69, 9.17) is 0 Å². The van der Waals surface area contributed by atoms with E-state index in [1.165, 1.54) is 12.6 Å². The van der Waals surface area contributed by atoms with E-state index in [1.54, 1.807) is 0 Å². The summed E-state index contributed by atoms with van der Waals surface area (Å²) >= 11 is 0.